The average molecular weight is 234 g/mol. The molecule has 1 aliphatic rings. The molecule has 1 heterocycles. The number of rotatable bonds is 4. The number of hydrogen-bond acceptors (Lipinski definition) is 4. The smallest absolute Gasteiger partial charge is 0.222 e. The SMILES string of the molecule is Cc1cnc(CNC(=O)CC2(N)CCC2)cn1. The van der Waals surface area contributed by atoms with Crippen LogP contribution < -0.4 is 11.1 Å². The van der Waals surface area contributed by atoms with E-state index in [0.717, 1.165) is 30.7 Å². The number of nitrogens with zero attached hydrogens (tertiary/aromatic N) is 2. The Balaban J connectivity index is 1.78. The third kappa shape index (κ3) is 3.23. The zero-order valence-electron chi connectivity index (χ0n) is 10.1. The fourth-order valence-corrected chi connectivity index (χ4v) is 1.89. The Labute approximate surface area is 101 Å². The van der Waals surface area contributed by atoms with E-state index in [0.29, 0.717) is 13.0 Å². The number of amides is 1. The van der Waals surface area contributed by atoms with Gasteiger partial charge in [-0.05, 0) is 26.2 Å². The predicted octanol–water partition coefficient (Wildman–Crippen LogP) is 0.673. The normalized spacial score (nSPS) is 17.3. The van der Waals surface area contributed by atoms with Gasteiger partial charge in [0.2, 0.25) is 5.91 Å². The lowest BCUT2D eigenvalue weighted by Gasteiger charge is -2.37. The van der Waals surface area contributed by atoms with E-state index in [1.807, 2.05) is 6.92 Å². The van der Waals surface area contributed by atoms with E-state index in [-0.39, 0.29) is 11.4 Å². The van der Waals surface area contributed by atoms with E-state index in [4.69, 9.17) is 5.73 Å². The van der Waals surface area contributed by atoms with Crippen LogP contribution in [0.15, 0.2) is 12.4 Å². The molecule has 0 atom stereocenters. The minimum Gasteiger partial charge on any atom is -0.350 e. The molecule has 92 valence electrons. The number of carbonyl (C=O) groups excluding carboxylic acids is 1. The topological polar surface area (TPSA) is 80.9 Å². The molecule has 0 bridgehead atoms. The second-order valence-corrected chi connectivity index (χ2v) is 4.82. The molecule has 1 fully saturated rings. The van der Waals surface area contributed by atoms with Gasteiger partial charge >= 0.3 is 0 Å². The third-order valence-electron chi connectivity index (χ3n) is 3.16. The summed E-state index contributed by atoms with van der Waals surface area (Å²) in [7, 11) is 0. The zero-order chi connectivity index (χ0) is 12.3. The van der Waals surface area contributed by atoms with Crippen LogP contribution in [0.5, 0.6) is 0 Å². The molecule has 0 saturated heterocycles. The molecule has 1 aromatic rings. The molecule has 0 aromatic carbocycles. The summed E-state index contributed by atoms with van der Waals surface area (Å²) in [5.74, 6) is -0.00502. The highest BCUT2D eigenvalue weighted by atomic mass is 16.1. The molecule has 1 saturated carbocycles. The van der Waals surface area contributed by atoms with E-state index in [9.17, 15) is 4.79 Å². The van der Waals surface area contributed by atoms with Crippen LogP contribution in [0.25, 0.3) is 0 Å². The van der Waals surface area contributed by atoms with Crippen molar-refractivity contribution in [3.63, 3.8) is 0 Å². The molecular formula is C12H18N4O. The summed E-state index contributed by atoms with van der Waals surface area (Å²) in [4.78, 5) is 19.9. The van der Waals surface area contributed by atoms with Crippen molar-refractivity contribution in [2.75, 3.05) is 0 Å². The number of hydrogen-bond donors (Lipinski definition) is 2. The van der Waals surface area contributed by atoms with Gasteiger partial charge < -0.3 is 11.1 Å². The highest BCUT2D eigenvalue weighted by Crippen LogP contribution is 2.31. The molecule has 5 heteroatoms. The summed E-state index contributed by atoms with van der Waals surface area (Å²) in [6.07, 6.45) is 6.81. The molecule has 5 nitrogen and oxygen atoms in total. The van der Waals surface area contributed by atoms with Gasteiger partial charge in [-0.1, -0.05) is 0 Å². The first-order valence-corrected chi connectivity index (χ1v) is 5.91. The Hall–Kier alpha value is -1.49. The van der Waals surface area contributed by atoms with Crippen molar-refractivity contribution >= 4 is 5.91 Å². The van der Waals surface area contributed by atoms with Crippen LogP contribution in [0.2, 0.25) is 0 Å². The number of nitrogens with two attached hydrogens (primary N) is 1. The number of aryl methyl sites for hydroxylation is 1. The van der Waals surface area contributed by atoms with Gasteiger partial charge in [0, 0.05) is 18.2 Å². The summed E-state index contributed by atoms with van der Waals surface area (Å²) in [6.45, 7) is 2.30. The van der Waals surface area contributed by atoms with Gasteiger partial charge in [0.15, 0.2) is 0 Å². The van der Waals surface area contributed by atoms with Gasteiger partial charge in [-0.25, -0.2) is 0 Å². The first-order chi connectivity index (χ1) is 8.07. The van der Waals surface area contributed by atoms with Crippen LogP contribution in [0.1, 0.15) is 37.1 Å². The number of aromatic nitrogens is 2. The molecule has 17 heavy (non-hydrogen) atoms. The van der Waals surface area contributed by atoms with E-state index < -0.39 is 0 Å². The van der Waals surface area contributed by atoms with Crippen molar-refractivity contribution in [1.82, 2.24) is 15.3 Å². The molecular weight excluding hydrogens is 216 g/mol. The molecule has 1 aromatic heterocycles. The number of carbonyl (C=O) groups is 1. The summed E-state index contributed by atoms with van der Waals surface area (Å²) in [5.41, 5.74) is 7.38. The van der Waals surface area contributed by atoms with Gasteiger partial charge in [-0.2, -0.15) is 0 Å². The van der Waals surface area contributed by atoms with Crippen LogP contribution in [0, 0.1) is 6.92 Å². The maximum absolute atomic E-state index is 11.7. The van der Waals surface area contributed by atoms with Crippen LogP contribution in [0.3, 0.4) is 0 Å². The van der Waals surface area contributed by atoms with Gasteiger partial charge in [-0.15, -0.1) is 0 Å². The van der Waals surface area contributed by atoms with Crippen LogP contribution in [-0.4, -0.2) is 21.4 Å². The van der Waals surface area contributed by atoms with Crippen molar-refractivity contribution in [3.05, 3.63) is 23.8 Å². The van der Waals surface area contributed by atoms with Gasteiger partial charge in [0.05, 0.1) is 24.1 Å². The van der Waals surface area contributed by atoms with E-state index in [2.05, 4.69) is 15.3 Å². The monoisotopic (exact) mass is 234 g/mol. The second-order valence-electron chi connectivity index (χ2n) is 4.82. The van der Waals surface area contributed by atoms with Gasteiger partial charge in [0.25, 0.3) is 0 Å². The van der Waals surface area contributed by atoms with Crippen molar-refractivity contribution in [1.29, 1.82) is 0 Å². The lowest BCUT2D eigenvalue weighted by atomic mass is 9.75. The van der Waals surface area contributed by atoms with Gasteiger partial charge in [0.1, 0.15) is 0 Å². The van der Waals surface area contributed by atoms with Crippen LogP contribution in [0.4, 0.5) is 0 Å². The molecule has 1 aliphatic carbocycles. The van der Waals surface area contributed by atoms with Gasteiger partial charge in [-0.3, -0.25) is 14.8 Å². The largest absolute Gasteiger partial charge is 0.350 e. The lowest BCUT2D eigenvalue weighted by molar-refractivity contribution is -0.123. The highest BCUT2D eigenvalue weighted by Gasteiger charge is 2.34. The van der Waals surface area contributed by atoms with Crippen molar-refractivity contribution in [2.24, 2.45) is 5.73 Å². The molecule has 1 amide bonds. The van der Waals surface area contributed by atoms with E-state index in [1.54, 1.807) is 12.4 Å². The maximum atomic E-state index is 11.7. The average Bonchev–Trinajstić information content (AvgIpc) is 2.26. The summed E-state index contributed by atoms with van der Waals surface area (Å²) in [6, 6.07) is 0. The predicted molar refractivity (Wildman–Crippen MR) is 64.0 cm³/mol. The molecule has 3 N–H and O–H groups in total. The maximum Gasteiger partial charge on any atom is 0.222 e. The first kappa shape index (κ1) is 12.0. The Morgan fingerprint density at radius 2 is 2.24 bits per heavy atom. The molecule has 0 unspecified atom stereocenters. The molecule has 2 rings (SSSR count). The Kier molecular flexibility index (Phi) is 3.38. The summed E-state index contributed by atoms with van der Waals surface area (Å²) in [5, 5.41) is 2.82. The minimum atomic E-state index is -0.261. The lowest BCUT2D eigenvalue weighted by Crippen LogP contribution is -2.49. The summed E-state index contributed by atoms with van der Waals surface area (Å²) >= 11 is 0. The molecule has 0 spiro atoms. The first-order valence-electron chi connectivity index (χ1n) is 5.91. The Bertz CT molecular complexity index is 397. The zero-order valence-corrected chi connectivity index (χ0v) is 10.1. The van der Waals surface area contributed by atoms with E-state index >= 15 is 0 Å². The van der Waals surface area contributed by atoms with Crippen molar-refractivity contribution < 1.29 is 4.79 Å². The molecule has 0 aliphatic heterocycles. The minimum absolute atomic E-state index is 0.00502. The fourth-order valence-electron chi connectivity index (χ4n) is 1.89. The Morgan fingerprint density at radius 1 is 1.47 bits per heavy atom. The fraction of sp³-hybridized carbons (Fsp3) is 0.583. The summed E-state index contributed by atoms with van der Waals surface area (Å²) < 4.78 is 0. The number of nitrogens with one attached hydrogen (secondary N) is 1. The van der Waals surface area contributed by atoms with Crippen LogP contribution in [-0.2, 0) is 11.3 Å². The molecule has 0 radical (unpaired) electrons. The van der Waals surface area contributed by atoms with Crippen molar-refractivity contribution in [2.45, 2.75) is 44.7 Å². The Morgan fingerprint density at radius 3 is 2.76 bits per heavy atom. The standard InChI is InChI=1S/C12H18N4O/c1-9-6-15-10(7-14-9)8-16-11(17)5-12(13)3-2-4-12/h6-7H,2-5,8,13H2,1H3,(H,16,17). The van der Waals surface area contributed by atoms with Crippen molar-refractivity contribution in [3.8, 4) is 0 Å². The quantitative estimate of drug-likeness (QED) is 0.802. The van der Waals surface area contributed by atoms with E-state index in [1.165, 1.54) is 0 Å². The highest BCUT2D eigenvalue weighted by molar-refractivity contribution is 5.77. The van der Waals surface area contributed by atoms with Crippen LogP contribution >= 0.6 is 0 Å². The second kappa shape index (κ2) is 4.79. The third-order valence-corrected chi connectivity index (χ3v) is 3.16.